The smallest absolute Gasteiger partial charge is 0.192 e. The molecule has 2 N–H and O–H groups in total. The Morgan fingerprint density at radius 1 is 1.29 bits per heavy atom. The number of nitrogens with one attached hydrogen (secondary N) is 2. The number of hydrogen-bond donors (Lipinski definition) is 2. The number of hydrogen-bond acceptors (Lipinski definition) is 3. The second-order valence-electron chi connectivity index (χ2n) is 3.49. The summed E-state index contributed by atoms with van der Waals surface area (Å²) < 4.78 is 13.2. The fourth-order valence-electron chi connectivity index (χ4n) is 1.52. The van der Waals surface area contributed by atoms with E-state index in [1.807, 2.05) is 0 Å². The fourth-order valence-corrected chi connectivity index (χ4v) is 2.07. The second kappa shape index (κ2) is 4.94. The minimum Gasteiger partial charge on any atom is -0.370 e. The molecule has 0 radical (unpaired) electrons. The highest BCUT2D eigenvalue weighted by molar-refractivity contribution is 6.40. The van der Waals surface area contributed by atoms with Crippen molar-refractivity contribution in [3.63, 3.8) is 0 Å². The van der Waals surface area contributed by atoms with Crippen molar-refractivity contribution in [2.75, 3.05) is 13.1 Å². The van der Waals surface area contributed by atoms with Gasteiger partial charge in [-0.3, -0.25) is 4.79 Å². The van der Waals surface area contributed by atoms with Crippen molar-refractivity contribution in [1.82, 2.24) is 10.6 Å². The monoisotopic (exact) mass is 274 g/mol. The van der Waals surface area contributed by atoms with E-state index in [2.05, 4.69) is 10.6 Å². The van der Waals surface area contributed by atoms with Crippen molar-refractivity contribution < 1.29 is 9.18 Å². The van der Waals surface area contributed by atoms with Gasteiger partial charge in [0.2, 0.25) is 0 Å². The topological polar surface area (TPSA) is 41.1 Å². The molecule has 1 saturated heterocycles. The number of ketones is 1. The fraction of sp³-hybridized carbons (Fsp3) is 0.182. The zero-order valence-corrected chi connectivity index (χ0v) is 10.2. The molecule has 1 heterocycles. The molecule has 0 spiro atoms. The molecule has 3 nitrogen and oxygen atoms in total. The van der Waals surface area contributed by atoms with Crippen LogP contribution in [0.5, 0.6) is 0 Å². The number of rotatable bonds is 2. The first-order valence-electron chi connectivity index (χ1n) is 4.97. The van der Waals surface area contributed by atoms with E-state index in [9.17, 15) is 9.18 Å². The maximum absolute atomic E-state index is 13.2. The van der Waals surface area contributed by atoms with E-state index in [1.54, 1.807) is 0 Å². The van der Waals surface area contributed by atoms with E-state index >= 15 is 0 Å². The van der Waals surface area contributed by atoms with Crippen LogP contribution in [0.15, 0.2) is 24.0 Å². The van der Waals surface area contributed by atoms with E-state index < -0.39 is 11.6 Å². The molecule has 90 valence electrons. The first-order valence-corrected chi connectivity index (χ1v) is 5.72. The molecule has 2 rings (SSSR count). The van der Waals surface area contributed by atoms with Gasteiger partial charge in [-0.15, -0.1) is 0 Å². The summed E-state index contributed by atoms with van der Waals surface area (Å²) in [6.07, 6.45) is 1.32. The van der Waals surface area contributed by atoms with Crippen LogP contribution in [0.25, 0.3) is 0 Å². The van der Waals surface area contributed by atoms with E-state index in [-0.39, 0.29) is 15.6 Å². The van der Waals surface area contributed by atoms with Crippen molar-refractivity contribution in [1.29, 1.82) is 0 Å². The maximum Gasteiger partial charge on any atom is 0.192 e. The molecule has 1 aromatic rings. The van der Waals surface area contributed by atoms with Gasteiger partial charge in [0.05, 0.1) is 15.6 Å². The summed E-state index contributed by atoms with van der Waals surface area (Å²) >= 11 is 11.6. The summed E-state index contributed by atoms with van der Waals surface area (Å²) in [5.74, 6) is -0.507. The molecule has 17 heavy (non-hydrogen) atoms. The largest absolute Gasteiger partial charge is 0.370 e. The highest BCUT2D eigenvalue weighted by atomic mass is 35.5. The third kappa shape index (κ3) is 2.53. The summed E-state index contributed by atoms with van der Waals surface area (Å²) in [6.45, 7) is 1.48. The molecular weight excluding hydrogens is 266 g/mol. The highest BCUT2D eigenvalue weighted by Gasteiger charge is 2.17. The van der Waals surface area contributed by atoms with Gasteiger partial charge in [-0.2, -0.15) is 0 Å². The zero-order valence-electron chi connectivity index (χ0n) is 8.69. The Balaban J connectivity index is 2.37. The van der Waals surface area contributed by atoms with E-state index in [0.29, 0.717) is 5.82 Å². The van der Waals surface area contributed by atoms with Gasteiger partial charge in [0.25, 0.3) is 0 Å². The Labute approximate surface area is 108 Å². The van der Waals surface area contributed by atoms with E-state index in [4.69, 9.17) is 23.2 Å². The standard InChI is InChI=1S/C11H9Cl2FN2O/c12-6-1-2-7(14)11(13)10(6)8(17)5-9-15-3-4-16-9/h1-2,5,15-16H,3-4H2. The van der Waals surface area contributed by atoms with Gasteiger partial charge in [0.1, 0.15) is 11.6 Å². The summed E-state index contributed by atoms with van der Waals surface area (Å²) in [5.41, 5.74) is -0.0173. The highest BCUT2D eigenvalue weighted by Crippen LogP contribution is 2.28. The molecular formula is C11H9Cl2FN2O. The minimum atomic E-state index is -0.662. The molecule has 0 aliphatic carbocycles. The Kier molecular flexibility index (Phi) is 3.54. The lowest BCUT2D eigenvalue weighted by Crippen LogP contribution is -2.13. The summed E-state index contributed by atoms with van der Waals surface area (Å²) in [5, 5.41) is 5.80. The second-order valence-corrected chi connectivity index (χ2v) is 4.28. The van der Waals surface area contributed by atoms with Gasteiger partial charge in [-0.25, -0.2) is 4.39 Å². The van der Waals surface area contributed by atoms with Crippen LogP contribution in [0, 0.1) is 5.82 Å². The Hall–Kier alpha value is -1.26. The van der Waals surface area contributed by atoms with Crippen molar-refractivity contribution in [2.24, 2.45) is 0 Å². The minimum absolute atomic E-state index is 0.0173. The predicted molar refractivity (Wildman–Crippen MR) is 64.8 cm³/mol. The Morgan fingerprint density at radius 3 is 2.59 bits per heavy atom. The number of carbonyl (C=O) groups is 1. The van der Waals surface area contributed by atoms with Crippen LogP contribution in [-0.4, -0.2) is 18.9 Å². The lowest BCUT2D eigenvalue weighted by Gasteiger charge is -2.05. The Bertz CT molecular complexity index is 494. The number of benzene rings is 1. The van der Waals surface area contributed by atoms with Crippen molar-refractivity contribution in [3.8, 4) is 0 Å². The molecule has 0 saturated carbocycles. The molecule has 6 heteroatoms. The molecule has 0 amide bonds. The molecule has 1 aromatic carbocycles. The SMILES string of the molecule is O=C(C=C1NCCN1)c1c(Cl)ccc(F)c1Cl. The van der Waals surface area contributed by atoms with Gasteiger partial charge in [-0.05, 0) is 12.1 Å². The van der Waals surface area contributed by atoms with Gasteiger partial charge >= 0.3 is 0 Å². The molecule has 1 fully saturated rings. The first kappa shape index (κ1) is 12.2. The quantitative estimate of drug-likeness (QED) is 0.494. The van der Waals surface area contributed by atoms with Crippen LogP contribution in [0.1, 0.15) is 10.4 Å². The van der Waals surface area contributed by atoms with Crippen LogP contribution in [0.4, 0.5) is 4.39 Å². The van der Waals surface area contributed by atoms with Crippen LogP contribution >= 0.6 is 23.2 Å². The average molecular weight is 275 g/mol. The van der Waals surface area contributed by atoms with Crippen LogP contribution in [-0.2, 0) is 0 Å². The van der Waals surface area contributed by atoms with Crippen molar-refractivity contribution >= 4 is 29.0 Å². The van der Waals surface area contributed by atoms with Crippen molar-refractivity contribution in [2.45, 2.75) is 0 Å². The lowest BCUT2D eigenvalue weighted by molar-refractivity contribution is 0.104. The number of carbonyl (C=O) groups excluding carboxylic acids is 1. The third-order valence-corrected chi connectivity index (χ3v) is 3.01. The van der Waals surface area contributed by atoms with Crippen LogP contribution < -0.4 is 10.6 Å². The number of halogens is 3. The number of allylic oxidation sites excluding steroid dienone is 1. The zero-order chi connectivity index (χ0) is 12.4. The summed E-state index contributed by atoms with van der Waals surface area (Å²) in [4.78, 5) is 11.9. The van der Waals surface area contributed by atoms with Gasteiger partial charge in [0.15, 0.2) is 5.78 Å². The molecule has 0 aromatic heterocycles. The lowest BCUT2D eigenvalue weighted by atomic mass is 10.1. The summed E-state index contributed by atoms with van der Waals surface area (Å²) in [7, 11) is 0. The third-order valence-electron chi connectivity index (χ3n) is 2.32. The molecule has 0 atom stereocenters. The van der Waals surface area contributed by atoms with Crippen LogP contribution in [0.2, 0.25) is 10.0 Å². The van der Waals surface area contributed by atoms with Gasteiger partial charge in [0, 0.05) is 19.2 Å². The van der Waals surface area contributed by atoms with Gasteiger partial charge in [-0.1, -0.05) is 23.2 Å². The van der Waals surface area contributed by atoms with Gasteiger partial charge < -0.3 is 10.6 Å². The average Bonchev–Trinajstić information content (AvgIpc) is 2.77. The molecule has 0 unspecified atom stereocenters. The first-order chi connectivity index (χ1) is 8.09. The molecule has 1 aliphatic rings. The van der Waals surface area contributed by atoms with E-state index in [1.165, 1.54) is 12.1 Å². The molecule has 1 aliphatic heterocycles. The normalized spacial score (nSPS) is 14.2. The Morgan fingerprint density at radius 2 is 1.94 bits per heavy atom. The predicted octanol–water partition coefficient (Wildman–Crippen LogP) is 2.35. The van der Waals surface area contributed by atoms with E-state index in [0.717, 1.165) is 19.2 Å². The maximum atomic E-state index is 13.2. The molecule has 0 bridgehead atoms. The van der Waals surface area contributed by atoms with Crippen LogP contribution in [0.3, 0.4) is 0 Å². The summed E-state index contributed by atoms with van der Waals surface area (Å²) in [6, 6.07) is 2.44. The van der Waals surface area contributed by atoms with Crippen molar-refractivity contribution in [3.05, 3.63) is 45.5 Å².